The van der Waals surface area contributed by atoms with E-state index < -0.39 is 5.97 Å². The van der Waals surface area contributed by atoms with Crippen LogP contribution in [0.5, 0.6) is 0 Å². The Hall–Kier alpha value is -2.18. The van der Waals surface area contributed by atoms with Crippen molar-refractivity contribution < 1.29 is 14.7 Å². The lowest BCUT2D eigenvalue weighted by molar-refractivity contribution is -0.128. The minimum absolute atomic E-state index is 0.0246. The molecule has 0 unspecified atom stereocenters. The fourth-order valence-corrected chi connectivity index (χ4v) is 1.79. The summed E-state index contributed by atoms with van der Waals surface area (Å²) in [5.41, 5.74) is -0.119. The lowest BCUT2D eigenvalue weighted by Crippen LogP contribution is -2.33. The van der Waals surface area contributed by atoms with Crippen LogP contribution in [0.2, 0.25) is 0 Å². The van der Waals surface area contributed by atoms with Crippen LogP contribution in [0.1, 0.15) is 23.3 Å². The highest BCUT2D eigenvalue weighted by Crippen LogP contribution is 2.08. The van der Waals surface area contributed by atoms with Crippen LogP contribution in [-0.4, -0.2) is 51.7 Å². The van der Waals surface area contributed by atoms with Crippen LogP contribution in [0.15, 0.2) is 12.1 Å². The molecule has 0 aromatic carbocycles. The highest BCUT2D eigenvalue weighted by atomic mass is 16.4. The van der Waals surface area contributed by atoms with Crippen LogP contribution >= 0.6 is 0 Å². The molecule has 2 heterocycles. The normalized spacial score (nSPS) is 14.6. The van der Waals surface area contributed by atoms with E-state index in [9.17, 15) is 9.59 Å². The van der Waals surface area contributed by atoms with E-state index in [1.165, 1.54) is 12.1 Å². The van der Waals surface area contributed by atoms with Crippen molar-refractivity contribution in [1.82, 2.24) is 15.1 Å². The van der Waals surface area contributed by atoms with Gasteiger partial charge in [0.1, 0.15) is 5.82 Å². The quantitative estimate of drug-likeness (QED) is 0.793. The third-order valence-electron chi connectivity index (χ3n) is 2.76. The summed E-state index contributed by atoms with van der Waals surface area (Å²) in [4.78, 5) is 24.1. The largest absolute Gasteiger partial charge is 0.476 e. The number of carboxylic acids is 1. The molecule has 7 heteroatoms. The van der Waals surface area contributed by atoms with Crippen LogP contribution in [0.4, 0.5) is 5.82 Å². The molecular formula is C11H14N4O3. The van der Waals surface area contributed by atoms with Gasteiger partial charge in [-0.3, -0.25) is 4.79 Å². The van der Waals surface area contributed by atoms with Crippen molar-refractivity contribution in [2.45, 2.75) is 12.8 Å². The van der Waals surface area contributed by atoms with Crippen molar-refractivity contribution in [1.29, 1.82) is 0 Å². The Bertz CT molecular complexity index is 440. The zero-order valence-electron chi connectivity index (χ0n) is 9.80. The lowest BCUT2D eigenvalue weighted by Gasteiger charge is -2.15. The number of hydrogen-bond acceptors (Lipinski definition) is 5. The van der Waals surface area contributed by atoms with Crippen molar-refractivity contribution in [3.63, 3.8) is 0 Å². The van der Waals surface area contributed by atoms with E-state index in [-0.39, 0.29) is 18.1 Å². The third-order valence-corrected chi connectivity index (χ3v) is 2.76. The van der Waals surface area contributed by atoms with E-state index in [1.54, 1.807) is 4.90 Å². The summed E-state index contributed by atoms with van der Waals surface area (Å²) >= 11 is 0. The van der Waals surface area contributed by atoms with Crippen molar-refractivity contribution in [2.24, 2.45) is 0 Å². The van der Waals surface area contributed by atoms with Gasteiger partial charge in [-0.15, -0.1) is 10.2 Å². The fraction of sp³-hybridized carbons (Fsp3) is 0.455. The Morgan fingerprint density at radius 2 is 2.00 bits per heavy atom. The monoisotopic (exact) mass is 250 g/mol. The van der Waals surface area contributed by atoms with Crippen molar-refractivity contribution >= 4 is 17.7 Å². The maximum Gasteiger partial charge on any atom is 0.356 e. The molecule has 0 radical (unpaired) electrons. The summed E-state index contributed by atoms with van der Waals surface area (Å²) in [7, 11) is 0. The van der Waals surface area contributed by atoms with Crippen LogP contribution < -0.4 is 5.32 Å². The average Bonchev–Trinajstić information content (AvgIpc) is 2.90. The number of carbonyl (C=O) groups excluding carboxylic acids is 1. The first-order valence-corrected chi connectivity index (χ1v) is 5.75. The zero-order chi connectivity index (χ0) is 13.0. The SMILES string of the molecule is O=C(O)c1ccc(NCC(=O)N2CCCC2)nn1. The molecule has 1 aliphatic heterocycles. The first-order valence-electron chi connectivity index (χ1n) is 5.75. The summed E-state index contributed by atoms with van der Waals surface area (Å²) in [5.74, 6) is -0.702. The zero-order valence-corrected chi connectivity index (χ0v) is 9.80. The molecule has 1 amide bonds. The minimum atomic E-state index is -1.12. The number of anilines is 1. The minimum Gasteiger partial charge on any atom is -0.476 e. The van der Waals surface area contributed by atoms with E-state index in [1.807, 2.05) is 0 Å². The predicted octanol–water partition coefficient (Wildman–Crippen LogP) is 0.209. The Kier molecular flexibility index (Phi) is 3.71. The molecule has 1 aromatic rings. The molecule has 1 aromatic heterocycles. The molecule has 7 nitrogen and oxygen atoms in total. The molecule has 1 fully saturated rings. The maximum atomic E-state index is 11.7. The number of aromatic nitrogens is 2. The van der Waals surface area contributed by atoms with Gasteiger partial charge in [0.15, 0.2) is 5.69 Å². The van der Waals surface area contributed by atoms with Gasteiger partial charge in [-0.05, 0) is 25.0 Å². The second-order valence-electron chi connectivity index (χ2n) is 4.05. The molecule has 18 heavy (non-hydrogen) atoms. The van der Waals surface area contributed by atoms with Gasteiger partial charge in [0, 0.05) is 13.1 Å². The second-order valence-corrected chi connectivity index (χ2v) is 4.05. The molecule has 0 spiro atoms. The highest BCUT2D eigenvalue weighted by Gasteiger charge is 2.17. The molecule has 0 aliphatic carbocycles. The van der Waals surface area contributed by atoms with Crippen LogP contribution in [0.3, 0.4) is 0 Å². The number of carboxylic acid groups (broad SMARTS) is 1. The van der Waals surface area contributed by atoms with Crippen LogP contribution in [0, 0.1) is 0 Å². The Morgan fingerprint density at radius 1 is 1.28 bits per heavy atom. The predicted molar refractivity (Wildman–Crippen MR) is 63.3 cm³/mol. The number of likely N-dealkylation sites (tertiary alicyclic amines) is 1. The smallest absolute Gasteiger partial charge is 0.356 e. The van der Waals surface area contributed by atoms with E-state index in [0.717, 1.165) is 25.9 Å². The van der Waals surface area contributed by atoms with Crippen molar-refractivity contribution in [2.75, 3.05) is 25.0 Å². The topological polar surface area (TPSA) is 95.4 Å². The Morgan fingerprint density at radius 3 is 2.56 bits per heavy atom. The summed E-state index contributed by atoms with van der Waals surface area (Å²) in [5, 5.41) is 18.7. The fourth-order valence-electron chi connectivity index (χ4n) is 1.79. The van der Waals surface area contributed by atoms with Gasteiger partial charge < -0.3 is 15.3 Å². The van der Waals surface area contributed by atoms with E-state index in [0.29, 0.717) is 5.82 Å². The van der Waals surface area contributed by atoms with Gasteiger partial charge in [0.05, 0.1) is 6.54 Å². The second kappa shape index (κ2) is 5.44. The highest BCUT2D eigenvalue weighted by molar-refractivity contribution is 5.85. The first-order chi connectivity index (χ1) is 8.66. The first kappa shape index (κ1) is 12.3. The summed E-state index contributed by atoms with van der Waals surface area (Å²) in [6.45, 7) is 1.77. The molecule has 0 bridgehead atoms. The molecular weight excluding hydrogens is 236 g/mol. The number of carbonyl (C=O) groups is 2. The van der Waals surface area contributed by atoms with Gasteiger partial charge in [0.25, 0.3) is 0 Å². The number of hydrogen-bond donors (Lipinski definition) is 2. The van der Waals surface area contributed by atoms with Crippen LogP contribution in [-0.2, 0) is 4.79 Å². The van der Waals surface area contributed by atoms with E-state index in [4.69, 9.17) is 5.11 Å². The maximum absolute atomic E-state index is 11.7. The van der Waals surface area contributed by atoms with Gasteiger partial charge in [-0.25, -0.2) is 4.79 Å². The van der Waals surface area contributed by atoms with Gasteiger partial charge >= 0.3 is 5.97 Å². The summed E-state index contributed by atoms with van der Waals surface area (Å²) in [6, 6.07) is 2.84. The molecule has 1 aliphatic rings. The molecule has 96 valence electrons. The number of amides is 1. The number of nitrogens with zero attached hydrogens (tertiary/aromatic N) is 3. The molecule has 1 saturated heterocycles. The van der Waals surface area contributed by atoms with Gasteiger partial charge in [-0.1, -0.05) is 0 Å². The Labute approximate surface area is 104 Å². The van der Waals surface area contributed by atoms with Gasteiger partial charge in [0.2, 0.25) is 5.91 Å². The third kappa shape index (κ3) is 2.93. The molecule has 0 saturated carbocycles. The molecule has 2 N–H and O–H groups in total. The molecule has 2 rings (SSSR count). The van der Waals surface area contributed by atoms with Gasteiger partial charge in [-0.2, -0.15) is 0 Å². The van der Waals surface area contributed by atoms with Crippen LogP contribution in [0.25, 0.3) is 0 Å². The lowest BCUT2D eigenvalue weighted by atomic mass is 10.4. The van der Waals surface area contributed by atoms with E-state index in [2.05, 4.69) is 15.5 Å². The van der Waals surface area contributed by atoms with Crippen molar-refractivity contribution in [3.8, 4) is 0 Å². The summed E-state index contributed by atoms with van der Waals surface area (Å²) in [6.07, 6.45) is 2.11. The summed E-state index contributed by atoms with van der Waals surface area (Å²) < 4.78 is 0. The average molecular weight is 250 g/mol. The standard InChI is InChI=1S/C11H14N4O3/c16-10(15-5-1-2-6-15)7-12-9-4-3-8(11(17)18)13-14-9/h3-4H,1-2,5-7H2,(H,12,14)(H,17,18). The van der Waals surface area contributed by atoms with Crippen molar-refractivity contribution in [3.05, 3.63) is 17.8 Å². The molecule has 0 atom stereocenters. The number of nitrogens with one attached hydrogen (secondary N) is 1. The Balaban J connectivity index is 1.86. The number of rotatable bonds is 4. The number of aromatic carboxylic acids is 1. The van der Waals surface area contributed by atoms with E-state index >= 15 is 0 Å².